The Kier molecular flexibility index (Phi) is 38.4. The lowest BCUT2D eigenvalue weighted by molar-refractivity contribution is -0.142. The third-order valence-electron chi connectivity index (χ3n) is 10.3. The molecule has 3 amide bonds. The highest BCUT2D eigenvalue weighted by Crippen LogP contribution is 2.14. The molecule has 0 aliphatic rings. The van der Waals surface area contributed by atoms with Crippen LogP contribution in [0.4, 0.5) is 0 Å². The van der Waals surface area contributed by atoms with E-state index in [1.54, 1.807) is 0 Å². The molecule has 0 spiro atoms. The molecule has 0 aliphatic carbocycles. The van der Waals surface area contributed by atoms with Crippen LogP contribution in [0.2, 0.25) is 0 Å². The summed E-state index contributed by atoms with van der Waals surface area (Å²) in [5.41, 5.74) is 0. The molecular weight excluding hydrogens is 651 g/mol. The normalized spacial score (nSPS) is 11.7. The number of carboxylic acid groups (broad SMARTS) is 1. The van der Waals surface area contributed by atoms with E-state index in [1.165, 1.54) is 135 Å². The van der Waals surface area contributed by atoms with E-state index in [0.29, 0.717) is 51.6 Å². The number of unbranched alkanes of at least 4 members (excludes halogenated alkanes) is 27. The molecule has 0 aliphatic heterocycles. The number of hydrogen-bond acceptors (Lipinski definition) is 4. The van der Waals surface area contributed by atoms with Gasteiger partial charge in [0.1, 0.15) is 6.04 Å². The first-order valence-electron chi connectivity index (χ1n) is 22.5. The monoisotopic (exact) mass is 736 g/mol. The topological polar surface area (TPSA) is 125 Å². The third kappa shape index (κ3) is 37.6. The number of carbonyl (C=O) groups excluding carboxylic acids is 3. The number of hydrogen-bond donors (Lipinski definition) is 4. The van der Waals surface area contributed by atoms with Crippen molar-refractivity contribution in [3.63, 3.8) is 0 Å². The van der Waals surface area contributed by atoms with Gasteiger partial charge in [0.25, 0.3) is 0 Å². The van der Waals surface area contributed by atoms with Crippen LogP contribution in [-0.4, -0.2) is 47.9 Å². The van der Waals surface area contributed by atoms with Crippen LogP contribution in [0.15, 0.2) is 0 Å². The fraction of sp³-hybridized carbons (Fsp3) is 0.909. The van der Waals surface area contributed by atoms with E-state index < -0.39 is 12.0 Å². The SMILES string of the molecule is CCCCCCCCCCCCCCCC(=O)NCCCCCC(=O)NCCCC[C@H](NC(=O)CCCCCCCCCCCCCCC)C(=O)O. The highest BCUT2D eigenvalue weighted by molar-refractivity contribution is 5.83. The third-order valence-corrected chi connectivity index (χ3v) is 10.3. The van der Waals surface area contributed by atoms with Crippen LogP contribution in [-0.2, 0) is 19.2 Å². The molecule has 306 valence electrons. The van der Waals surface area contributed by atoms with Gasteiger partial charge in [-0.2, -0.15) is 0 Å². The summed E-state index contributed by atoms with van der Waals surface area (Å²) in [7, 11) is 0. The van der Waals surface area contributed by atoms with Crippen molar-refractivity contribution in [2.75, 3.05) is 13.1 Å². The van der Waals surface area contributed by atoms with Gasteiger partial charge in [0.05, 0.1) is 0 Å². The first kappa shape index (κ1) is 49.9. The van der Waals surface area contributed by atoms with Gasteiger partial charge in [-0.3, -0.25) is 14.4 Å². The van der Waals surface area contributed by atoms with Crippen LogP contribution in [0.3, 0.4) is 0 Å². The standard InChI is InChI=1S/C44H85N3O5/c1-3-5-7-9-11-13-15-17-19-21-23-25-28-35-41(48)45-38-32-27-30-36-42(49)46-39-33-31-34-40(44(51)52)47-43(50)37-29-26-24-22-20-18-16-14-12-10-8-6-4-2/h40H,3-39H2,1-2H3,(H,45,48)(H,46,49)(H,47,50)(H,51,52)/t40-/m0/s1. The summed E-state index contributed by atoms with van der Waals surface area (Å²) in [5, 5.41) is 18.2. The van der Waals surface area contributed by atoms with Crippen molar-refractivity contribution in [2.45, 2.75) is 245 Å². The molecule has 0 fully saturated rings. The quantitative estimate of drug-likeness (QED) is 0.0465. The molecule has 0 radical (unpaired) electrons. The predicted octanol–water partition coefficient (Wildman–Crippen LogP) is 11.5. The second-order valence-corrected chi connectivity index (χ2v) is 15.4. The van der Waals surface area contributed by atoms with Crippen LogP contribution in [0.5, 0.6) is 0 Å². The van der Waals surface area contributed by atoms with Crippen LogP contribution in [0, 0.1) is 0 Å². The number of rotatable bonds is 41. The number of amides is 3. The average molecular weight is 736 g/mol. The molecule has 52 heavy (non-hydrogen) atoms. The minimum Gasteiger partial charge on any atom is -0.480 e. The molecule has 8 heteroatoms. The second kappa shape index (κ2) is 40.1. The van der Waals surface area contributed by atoms with Gasteiger partial charge in [-0.1, -0.05) is 174 Å². The Morgan fingerprint density at radius 2 is 0.673 bits per heavy atom. The van der Waals surface area contributed by atoms with Gasteiger partial charge in [-0.25, -0.2) is 4.79 Å². The largest absolute Gasteiger partial charge is 0.480 e. The Labute approximate surface area is 321 Å². The van der Waals surface area contributed by atoms with Crippen molar-refractivity contribution in [1.82, 2.24) is 16.0 Å². The van der Waals surface area contributed by atoms with E-state index >= 15 is 0 Å². The molecule has 0 heterocycles. The molecule has 0 bridgehead atoms. The molecule has 8 nitrogen and oxygen atoms in total. The fourth-order valence-corrected chi connectivity index (χ4v) is 6.82. The summed E-state index contributed by atoms with van der Waals surface area (Å²) in [4.78, 5) is 48.2. The Hall–Kier alpha value is -2.12. The lowest BCUT2D eigenvalue weighted by Crippen LogP contribution is -2.40. The molecule has 0 unspecified atom stereocenters. The Balaban J connectivity index is 3.60. The summed E-state index contributed by atoms with van der Waals surface area (Å²) in [6.45, 7) is 5.69. The van der Waals surface area contributed by atoms with Crippen molar-refractivity contribution in [3.05, 3.63) is 0 Å². The second-order valence-electron chi connectivity index (χ2n) is 15.4. The van der Waals surface area contributed by atoms with E-state index in [0.717, 1.165) is 51.4 Å². The first-order valence-corrected chi connectivity index (χ1v) is 22.5. The summed E-state index contributed by atoms with van der Waals surface area (Å²) in [5.74, 6) is -1.04. The molecule has 0 aromatic rings. The van der Waals surface area contributed by atoms with Gasteiger partial charge in [0, 0.05) is 32.4 Å². The zero-order valence-electron chi connectivity index (χ0n) is 34.3. The summed E-state index contributed by atoms with van der Waals surface area (Å²) in [6, 6.07) is -0.875. The van der Waals surface area contributed by atoms with Crippen molar-refractivity contribution < 1.29 is 24.3 Å². The van der Waals surface area contributed by atoms with E-state index in [1.807, 2.05) is 0 Å². The van der Waals surface area contributed by atoms with Gasteiger partial charge < -0.3 is 21.1 Å². The highest BCUT2D eigenvalue weighted by Gasteiger charge is 2.19. The van der Waals surface area contributed by atoms with Gasteiger partial charge in [-0.05, 0) is 44.9 Å². The number of carbonyl (C=O) groups is 4. The summed E-state index contributed by atoms with van der Waals surface area (Å²) < 4.78 is 0. The van der Waals surface area contributed by atoms with Crippen molar-refractivity contribution in [1.29, 1.82) is 0 Å². The lowest BCUT2D eigenvalue weighted by atomic mass is 10.0. The van der Waals surface area contributed by atoms with E-state index in [-0.39, 0.29) is 17.7 Å². The van der Waals surface area contributed by atoms with Crippen molar-refractivity contribution >= 4 is 23.7 Å². The first-order chi connectivity index (χ1) is 25.4. The molecule has 4 N–H and O–H groups in total. The van der Waals surface area contributed by atoms with E-state index in [9.17, 15) is 24.3 Å². The van der Waals surface area contributed by atoms with Crippen molar-refractivity contribution in [3.8, 4) is 0 Å². The zero-order valence-corrected chi connectivity index (χ0v) is 34.3. The van der Waals surface area contributed by atoms with Crippen LogP contribution in [0.25, 0.3) is 0 Å². The minimum atomic E-state index is -1.00. The van der Waals surface area contributed by atoms with E-state index in [2.05, 4.69) is 29.8 Å². The Morgan fingerprint density at radius 1 is 0.385 bits per heavy atom. The maximum atomic E-state index is 12.3. The van der Waals surface area contributed by atoms with Gasteiger partial charge in [-0.15, -0.1) is 0 Å². The van der Waals surface area contributed by atoms with Crippen LogP contribution >= 0.6 is 0 Å². The minimum absolute atomic E-state index is 0.00679. The number of aliphatic carboxylic acids is 1. The predicted molar refractivity (Wildman–Crippen MR) is 219 cm³/mol. The van der Waals surface area contributed by atoms with Crippen molar-refractivity contribution in [2.24, 2.45) is 0 Å². The maximum Gasteiger partial charge on any atom is 0.326 e. The maximum absolute atomic E-state index is 12.3. The molecule has 0 saturated heterocycles. The van der Waals surface area contributed by atoms with E-state index in [4.69, 9.17) is 0 Å². The Bertz CT molecular complexity index is 837. The van der Waals surface area contributed by atoms with Gasteiger partial charge in [0.15, 0.2) is 0 Å². The molecule has 0 rings (SSSR count). The van der Waals surface area contributed by atoms with Gasteiger partial charge in [0.2, 0.25) is 17.7 Å². The summed E-state index contributed by atoms with van der Waals surface area (Å²) in [6.07, 6.45) is 38.8. The Morgan fingerprint density at radius 3 is 1.02 bits per heavy atom. The zero-order chi connectivity index (χ0) is 38.2. The number of carboxylic acids is 1. The highest BCUT2D eigenvalue weighted by atomic mass is 16.4. The molecular formula is C44H85N3O5. The lowest BCUT2D eigenvalue weighted by Gasteiger charge is -2.14. The molecule has 0 aromatic heterocycles. The smallest absolute Gasteiger partial charge is 0.326 e. The van der Waals surface area contributed by atoms with Crippen LogP contribution in [0.1, 0.15) is 239 Å². The molecule has 0 aromatic carbocycles. The molecule has 1 atom stereocenters. The fourth-order valence-electron chi connectivity index (χ4n) is 6.82. The summed E-state index contributed by atoms with van der Waals surface area (Å²) >= 11 is 0. The van der Waals surface area contributed by atoms with Gasteiger partial charge >= 0.3 is 5.97 Å². The van der Waals surface area contributed by atoms with Crippen LogP contribution < -0.4 is 16.0 Å². The number of nitrogens with one attached hydrogen (secondary N) is 3. The average Bonchev–Trinajstić information content (AvgIpc) is 3.12. The molecule has 0 saturated carbocycles.